The molecule has 0 aliphatic carbocycles. The largest absolute Gasteiger partial charge is 0.466 e. The van der Waals surface area contributed by atoms with Crippen LogP contribution in [0.3, 0.4) is 0 Å². The molecule has 0 saturated carbocycles. The number of carbonyl (C=O) groups excluding carboxylic acids is 2. The number of halogens is 1. The van der Waals surface area contributed by atoms with E-state index in [-0.39, 0.29) is 12.4 Å². The number of nitrogen functional groups attached to an aromatic ring is 1. The second-order valence-electron chi connectivity index (χ2n) is 2.97. The molecule has 0 atom stereocenters. The van der Waals surface area contributed by atoms with E-state index in [0.717, 1.165) is 12.2 Å². The Labute approximate surface area is 105 Å². The first-order valence-electron chi connectivity index (χ1n) is 4.54. The fraction of sp³-hybridized carbons (Fsp3) is 0.0909. The van der Waals surface area contributed by atoms with Crippen LogP contribution in [0.2, 0.25) is 0 Å². The lowest BCUT2D eigenvalue weighted by molar-refractivity contribution is -0.135. The van der Waals surface area contributed by atoms with Gasteiger partial charge in [0.2, 0.25) is 5.91 Å². The van der Waals surface area contributed by atoms with Crippen molar-refractivity contribution >= 4 is 35.7 Å². The number of amides is 1. The molecule has 0 aliphatic rings. The van der Waals surface area contributed by atoms with Gasteiger partial charge in [0, 0.05) is 23.5 Å². The normalized spacial score (nSPS) is 9.47. The minimum Gasteiger partial charge on any atom is -0.466 e. The van der Waals surface area contributed by atoms with E-state index in [4.69, 9.17) is 5.73 Å². The van der Waals surface area contributed by atoms with Crippen molar-refractivity contribution in [2.75, 3.05) is 18.2 Å². The average Bonchev–Trinajstić information content (AvgIpc) is 2.29. The molecular weight excluding hydrogens is 244 g/mol. The van der Waals surface area contributed by atoms with Crippen LogP contribution >= 0.6 is 12.4 Å². The van der Waals surface area contributed by atoms with Gasteiger partial charge in [-0.2, -0.15) is 0 Å². The van der Waals surface area contributed by atoms with Crippen LogP contribution in [-0.4, -0.2) is 19.0 Å². The van der Waals surface area contributed by atoms with Crippen LogP contribution in [0.15, 0.2) is 36.4 Å². The van der Waals surface area contributed by atoms with Gasteiger partial charge in [-0.3, -0.25) is 4.79 Å². The molecule has 0 spiro atoms. The van der Waals surface area contributed by atoms with E-state index >= 15 is 0 Å². The van der Waals surface area contributed by atoms with Crippen molar-refractivity contribution in [1.82, 2.24) is 0 Å². The number of nitrogens with two attached hydrogens (primary N) is 1. The second-order valence-corrected chi connectivity index (χ2v) is 2.97. The van der Waals surface area contributed by atoms with Crippen molar-refractivity contribution in [3.8, 4) is 0 Å². The Morgan fingerprint density at radius 1 is 1.24 bits per heavy atom. The molecule has 92 valence electrons. The van der Waals surface area contributed by atoms with E-state index in [2.05, 4.69) is 10.1 Å². The predicted octanol–water partition coefficient (Wildman–Crippen LogP) is 1.36. The summed E-state index contributed by atoms with van der Waals surface area (Å²) in [7, 11) is 1.24. The lowest BCUT2D eigenvalue weighted by Gasteiger charge is -2.01. The summed E-state index contributed by atoms with van der Waals surface area (Å²) in [6.07, 6.45) is 2.15. The number of carbonyl (C=O) groups is 2. The first-order chi connectivity index (χ1) is 7.61. The highest BCUT2D eigenvalue weighted by molar-refractivity contribution is 6.02. The number of methoxy groups -OCH3 is 1. The molecule has 1 aromatic carbocycles. The van der Waals surface area contributed by atoms with Gasteiger partial charge in [-0.15, -0.1) is 12.4 Å². The summed E-state index contributed by atoms with van der Waals surface area (Å²) in [6.45, 7) is 0. The van der Waals surface area contributed by atoms with E-state index < -0.39 is 11.9 Å². The van der Waals surface area contributed by atoms with E-state index in [0.29, 0.717) is 11.4 Å². The summed E-state index contributed by atoms with van der Waals surface area (Å²) in [5.74, 6) is -0.984. The highest BCUT2D eigenvalue weighted by Crippen LogP contribution is 2.10. The molecule has 1 aromatic rings. The van der Waals surface area contributed by atoms with E-state index in [1.807, 2.05) is 0 Å². The van der Waals surface area contributed by atoms with Crippen molar-refractivity contribution < 1.29 is 14.3 Å². The Kier molecular flexibility index (Phi) is 6.43. The van der Waals surface area contributed by atoms with Crippen LogP contribution in [0.4, 0.5) is 11.4 Å². The van der Waals surface area contributed by atoms with Crippen LogP contribution in [0.5, 0.6) is 0 Å². The van der Waals surface area contributed by atoms with Gasteiger partial charge in [-0.25, -0.2) is 4.79 Å². The minimum absolute atomic E-state index is 0. The van der Waals surface area contributed by atoms with E-state index in [1.165, 1.54) is 7.11 Å². The number of benzene rings is 1. The Morgan fingerprint density at radius 2 is 1.82 bits per heavy atom. The fourth-order valence-corrected chi connectivity index (χ4v) is 0.962. The van der Waals surface area contributed by atoms with Crippen molar-refractivity contribution in [3.63, 3.8) is 0 Å². The highest BCUT2D eigenvalue weighted by Gasteiger charge is 1.98. The smallest absolute Gasteiger partial charge is 0.330 e. The zero-order valence-corrected chi connectivity index (χ0v) is 9.99. The summed E-state index contributed by atoms with van der Waals surface area (Å²) < 4.78 is 4.34. The molecule has 17 heavy (non-hydrogen) atoms. The van der Waals surface area contributed by atoms with Crippen molar-refractivity contribution in [2.45, 2.75) is 0 Å². The lowest BCUT2D eigenvalue weighted by atomic mass is 10.3. The third kappa shape index (κ3) is 5.58. The first-order valence-corrected chi connectivity index (χ1v) is 4.54. The fourth-order valence-electron chi connectivity index (χ4n) is 0.962. The van der Waals surface area contributed by atoms with E-state index in [9.17, 15) is 9.59 Å². The first kappa shape index (κ1) is 15.0. The summed E-state index contributed by atoms with van der Waals surface area (Å²) in [4.78, 5) is 22.0. The molecule has 0 fully saturated rings. The standard InChI is InChI=1S/C11H12N2O3.ClH/c1-16-11(15)7-6-10(14)13-9-4-2-8(12)3-5-9;/h2-7H,12H2,1H3,(H,13,14);1H/b7-6-;. The maximum absolute atomic E-state index is 11.3. The maximum Gasteiger partial charge on any atom is 0.330 e. The Hall–Kier alpha value is -2.01. The molecule has 1 rings (SSSR count). The number of ether oxygens (including phenoxy) is 1. The third-order valence-electron chi connectivity index (χ3n) is 1.75. The van der Waals surface area contributed by atoms with Gasteiger partial charge in [0.1, 0.15) is 0 Å². The van der Waals surface area contributed by atoms with Gasteiger partial charge in [0.15, 0.2) is 0 Å². The molecule has 3 N–H and O–H groups in total. The minimum atomic E-state index is -0.576. The molecule has 0 unspecified atom stereocenters. The van der Waals surface area contributed by atoms with Crippen molar-refractivity contribution in [2.24, 2.45) is 0 Å². The third-order valence-corrected chi connectivity index (χ3v) is 1.75. The number of nitrogens with one attached hydrogen (secondary N) is 1. The molecule has 1 amide bonds. The van der Waals surface area contributed by atoms with Gasteiger partial charge in [-0.05, 0) is 24.3 Å². The highest BCUT2D eigenvalue weighted by atomic mass is 35.5. The zero-order chi connectivity index (χ0) is 12.0. The predicted molar refractivity (Wildman–Crippen MR) is 67.9 cm³/mol. The molecule has 0 radical (unpaired) electrons. The van der Waals surface area contributed by atoms with E-state index in [1.54, 1.807) is 24.3 Å². The Balaban J connectivity index is 0.00000256. The Morgan fingerprint density at radius 3 is 2.35 bits per heavy atom. The van der Waals surface area contributed by atoms with Crippen LogP contribution in [0.1, 0.15) is 0 Å². The molecule has 0 saturated heterocycles. The zero-order valence-electron chi connectivity index (χ0n) is 9.17. The SMILES string of the molecule is COC(=O)/C=C\C(=O)Nc1ccc(N)cc1.Cl. The Bertz CT molecular complexity index is 415. The van der Waals surface area contributed by atoms with Crippen LogP contribution in [0.25, 0.3) is 0 Å². The van der Waals surface area contributed by atoms with Crippen LogP contribution in [-0.2, 0) is 14.3 Å². The number of esters is 1. The average molecular weight is 257 g/mol. The van der Waals surface area contributed by atoms with Gasteiger partial charge in [-0.1, -0.05) is 0 Å². The number of anilines is 2. The monoisotopic (exact) mass is 256 g/mol. The second kappa shape index (κ2) is 7.29. The maximum atomic E-state index is 11.3. The topological polar surface area (TPSA) is 81.4 Å². The van der Waals surface area contributed by atoms with Crippen molar-refractivity contribution in [3.05, 3.63) is 36.4 Å². The molecule has 5 nitrogen and oxygen atoms in total. The number of hydrogen-bond donors (Lipinski definition) is 2. The molecule has 6 heteroatoms. The van der Waals surface area contributed by atoms with Gasteiger partial charge in [0.05, 0.1) is 7.11 Å². The van der Waals surface area contributed by atoms with Gasteiger partial charge < -0.3 is 15.8 Å². The summed E-state index contributed by atoms with van der Waals surface area (Å²) >= 11 is 0. The summed E-state index contributed by atoms with van der Waals surface area (Å²) in [6, 6.07) is 6.66. The van der Waals surface area contributed by atoms with Gasteiger partial charge >= 0.3 is 5.97 Å². The summed E-state index contributed by atoms with van der Waals surface area (Å²) in [5, 5.41) is 2.56. The quantitative estimate of drug-likeness (QED) is 0.486. The molecular formula is C11H13ClN2O3. The van der Waals surface area contributed by atoms with Gasteiger partial charge in [0.25, 0.3) is 0 Å². The number of rotatable bonds is 3. The molecule has 0 aromatic heterocycles. The molecule has 0 heterocycles. The summed E-state index contributed by atoms with van der Waals surface area (Å²) in [5.41, 5.74) is 6.71. The molecule has 0 aliphatic heterocycles. The number of hydrogen-bond acceptors (Lipinski definition) is 4. The van der Waals surface area contributed by atoms with Crippen molar-refractivity contribution in [1.29, 1.82) is 0 Å². The van der Waals surface area contributed by atoms with Crippen LogP contribution < -0.4 is 11.1 Å². The molecule has 0 bridgehead atoms. The van der Waals surface area contributed by atoms with Crippen LogP contribution in [0, 0.1) is 0 Å². The lowest BCUT2D eigenvalue weighted by Crippen LogP contribution is -2.09.